The minimum absolute atomic E-state index is 0. The Morgan fingerprint density at radius 2 is 1.32 bits per heavy atom. The van der Waals surface area contributed by atoms with Crippen molar-refractivity contribution in [2.45, 2.75) is 36.7 Å². The summed E-state index contributed by atoms with van der Waals surface area (Å²) in [6.07, 6.45) is 3.70. The van der Waals surface area contributed by atoms with E-state index >= 15 is 0 Å². The Labute approximate surface area is 408 Å². The molecule has 3 atom stereocenters. The molecular weight excluding hydrogens is 889 g/mol. The van der Waals surface area contributed by atoms with Gasteiger partial charge in [0.2, 0.25) is 0 Å². The van der Waals surface area contributed by atoms with E-state index in [1.54, 1.807) is 18.3 Å². The van der Waals surface area contributed by atoms with Crippen LogP contribution in [-0.2, 0) is 19.5 Å². The van der Waals surface area contributed by atoms with E-state index in [0.29, 0.717) is 28.7 Å². The number of fused-ring (bicyclic) bond motifs is 4. The zero-order valence-corrected chi connectivity index (χ0v) is 39.8. The van der Waals surface area contributed by atoms with Crippen LogP contribution in [0.25, 0.3) is 11.1 Å². The molecule has 0 aromatic heterocycles. The van der Waals surface area contributed by atoms with Gasteiger partial charge >= 0.3 is 59.1 Å². The van der Waals surface area contributed by atoms with Crippen LogP contribution < -0.4 is 88.6 Å². The molecule has 22 heteroatoms. The van der Waals surface area contributed by atoms with Gasteiger partial charge in [0.15, 0.2) is 23.0 Å². The van der Waals surface area contributed by atoms with Gasteiger partial charge in [0, 0.05) is 37.4 Å². The number of rotatable bonds is 13. The molecule has 0 saturated heterocycles. The number of anilines is 1. The number of halogens is 2. The van der Waals surface area contributed by atoms with Crippen LogP contribution in [0.15, 0.2) is 90.2 Å². The second kappa shape index (κ2) is 20.4. The first kappa shape index (κ1) is 48.4. The van der Waals surface area contributed by atoms with E-state index in [9.17, 15) is 36.6 Å². The Bertz CT molecular complexity index is 2600. The molecule has 318 valence electrons. The summed E-state index contributed by atoms with van der Waals surface area (Å²) in [4.78, 5) is 35.2. The van der Waals surface area contributed by atoms with E-state index in [2.05, 4.69) is 19.7 Å². The molecule has 1 N–H and O–H groups in total. The molecule has 0 aliphatic carbocycles. The molecular formula is C41H34F2N4Na2O12S2. The summed E-state index contributed by atoms with van der Waals surface area (Å²) in [6, 6.07) is 15.4. The molecule has 16 nitrogen and oxygen atoms in total. The largest absolute Gasteiger partial charge is 1.00 e. The van der Waals surface area contributed by atoms with E-state index in [1.807, 2.05) is 0 Å². The van der Waals surface area contributed by atoms with Gasteiger partial charge < -0.3 is 43.9 Å². The average molecular weight is 923 g/mol. The number of hydrogen-bond acceptors (Lipinski definition) is 15. The quantitative estimate of drug-likeness (QED) is 0.0452. The molecule has 0 fully saturated rings. The van der Waals surface area contributed by atoms with Crippen molar-refractivity contribution in [1.82, 2.24) is 9.80 Å². The molecule has 0 unspecified atom stereocenters. The number of hydrogen-bond donors (Lipinski definition) is 1. The standard InChI is InChI=1S/C41H36F2N4O12S2.2Na/c1-54-34-16-28-30(44-38(60-59-58-50)32-14-24(20-46(32)40(28)48)22-4-8-26(42)9-5-22)18-36(34)56-12-3-13-57-37-19-31-29(17-35(37)55-2)41(49)47-21-25(23-6-10-27(43)11-7-23)15-33(47)39(45-31)61(51,52)53;;/h4-11,16-21,32-33,39,45,50H,3,12-15H2,1-2H3,(H,51,52,53);;/q;2*+1/p-2/t32-,33-,39-;;/m0../s1. The van der Waals surface area contributed by atoms with Crippen LogP contribution in [0, 0.1) is 11.6 Å². The molecule has 63 heavy (non-hydrogen) atoms. The fourth-order valence-electron chi connectivity index (χ4n) is 7.58. The number of nitrogens with one attached hydrogen (secondary N) is 1. The van der Waals surface area contributed by atoms with Crippen LogP contribution >= 0.6 is 12.0 Å². The summed E-state index contributed by atoms with van der Waals surface area (Å²) in [5.41, 5.74) is 3.02. The zero-order valence-electron chi connectivity index (χ0n) is 34.2. The van der Waals surface area contributed by atoms with E-state index < -0.39 is 51.0 Å². The Hall–Kier alpha value is -4.03. The van der Waals surface area contributed by atoms with Crippen LogP contribution in [0.3, 0.4) is 0 Å². The number of methoxy groups -OCH3 is 2. The molecule has 0 saturated carbocycles. The number of carbonyl (C=O) groups is 2. The topological polar surface area (TPSA) is 201 Å². The fourth-order valence-corrected chi connectivity index (χ4v) is 9.01. The normalized spacial score (nSPS) is 18.7. The molecule has 8 rings (SSSR count). The van der Waals surface area contributed by atoms with Gasteiger partial charge in [-0.2, -0.15) is 4.33 Å². The summed E-state index contributed by atoms with van der Waals surface area (Å²) in [7, 11) is -2.24. The smallest absolute Gasteiger partial charge is 0.746 e. The van der Waals surface area contributed by atoms with Crippen molar-refractivity contribution in [3.05, 3.63) is 119 Å². The summed E-state index contributed by atoms with van der Waals surface area (Å²) < 4.78 is 92.9. The first-order valence-electron chi connectivity index (χ1n) is 18.6. The molecule has 0 spiro atoms. The summed E-state index contributed by atoms with van der Waals surface area (Å²) in [5, 5.41) is 15.7. The average Bonchev–Trinajstić information content (AvgIpc) is 3.85. The van der Waals surface area contributed by atoms with Gasteiger partial charge in [-0.05, 0) is 65.1 Å². The van der Waals surface area contributed by atoms with Gasteiger partial charge in [0.05, 0.1) is 74.1 Å². The molecule has 4 aliphatic rings. The first-order valence-corrected chi connectivity index (χ1v) is 20.8. The van der Waals surface area contributed by atoms with Crippen molar-refractivity contribution in [3.8, 4) is 23.0 Å². The Morgan fingerprint density at radius 3 is 1.89 bits per heavy atom. The maximum Gasteiger partial charge on any atom is 1.00 e. The third kappa shape index (κ3) is 10.1. The van der Waals surface area contributed by atoms with E-state index in [1.165, 1.54) is 90.9 Å². The van der Waals surface area contributed by atoms with Gasteiger partial charge in [0.1, 0.15) is 32.2 Å². The van der Waals surface area contributed by atoms with Crippen LogP contribution in [0.5, 0.6) is 23.0 Å². The zero-order chi connectivity index (χ0) is 43.0. The SMILES string of the molecule is COc1cc2c(cc1OCCCOc1cc3c(cc1OC)C(=O)N1C=C(c4ccc(F)cc4)C[C@H]1[C@H](S(=O)(=O)[O-])N3)N=C(SOO[O-])[C@@H]1CC(c3ccc(F)cc3)=CN1C2=O.[Na+].[Na+]. The summed E-state index contributed by atoms with van der Waals surface area (Å²) in [6.45, 7) is 0.112. The monoisotopic (exact) mass is 922 g/mol. The van der Waals surface area contributed by atoms with Crippen LogP contribution in [-0.4, -0.2) is 84.5 Å². The maximum absolute atomic E-state index is 14.0. The van der Waals surface area contributed by atoms with Crippen LogP contribution in [0.2, 0.25) is 0 Å². The number of ether oxygens (including phenoxy) is 4. The minimum Gasteiger partial charge on any atom is -0.746 e. The van der Waals surface area contributed by atoms with E-state index in [0.717, 1.165) is 5.57 Å². The second-order valence-corrected chi connectivity index (χ2v) is 16.3. The molecule has 4 aliphatic heterocycles. The first-order chi connectivity index (χ1) is 29.4. The van der Waals surface area contributed by atoms with E-state index in [-0.39, 0.29) is 142 Å². The third-order valence-corrected chi connectivity index (χ3v) is 12.2. The van der Waals surface area contributed by atoms with Crippen molar-refractivity contribution >= 4 is 61.5 Å². The van der Waals surface area contributed by atoms with Crippen molar-refractivity contribution in [2.75, 3.05) is 32.8 Å². The minimum atomic E-state index is -5.02. The van der Waals surface area contributed by atoms with Crippen molar-refractivity contribution in [1.29, 1.82) is 0 Å². The number of carbonyl (C=O) groups excluding carboxylic acids is 2. The molecule has 0 bridgehead atoms. The summed E-state index contributed by atoms with van der Waals surface area (Å²) in [5.74, 6) is -1.11. The number of aliphatic imine (C=N–C) groups is 1. The third-order valence-electron chi connectivity index (χ3n) is 10.5. The fraction of sp³-hybridized carbons (Fsp3) is 0.244. The maximum atomic E-state index is 14.0. The van der Waals surface area contributed by atoms with Gasteiger partial charge in [-0.3, -0.25) is 14.6 Å². The second-order valence-electron chi connectivity index (χ2n) is 14.1. The van der Waals surface area contributed by atoms with E-state index in [4.69, 9.17) is 18.9 Å². The molecule has 4 aromatic carbocycles. The van der Waals surface area contributed by atoms with Crippen LogP contribution in [0.4, 0.5) is 20.2 Å². The van der Waals surface area contributed by atoms with Gasteiger partial charge in [-0.15, -0.1) is 0 Å². The van der Waals surface area contributed by atoms with Gasteiger partial charge in [-0.25, -0.2) is 22.2 Å². The molecule has 2 amide bonds. The van der Waals surface area contributed by atoms with Crippen molar-refractivity contribution < 1.29 is 124 Å². The number of nitrogens with zero attached hydrogens (tertiary/aromatic N) is 3. The molecule has 4 heterocycles. The Balaban J connectivity index is 0.00000330. The predicted molar refractivity (Wildman–Crippen MR) is 213 cm³/mol. The molecule has 0 radical (unpaired) electrons. The van der Waals surface area contributed by atoms with Crippen LogP contribution in [0.1, 0.15) is 51.1 Å². The summed E-state index contributed by atoms with van der Waals surface area (Å²) >= 11 is 0.554. The number of amides is 2. The van der Waals surface area contributed by atoms with Gasteiger partial charge in [0.25, 0.3) is 11.8 Å². The molecule has 4 aromatic rings. The number of benzene rings is 4. The Morgan fingerprint density at radius 1 is 0.778 bits per heavy atom. The van der Waals surface area contributed by atoms with Crippen molar-refractivity contribution in [3.63, 3.8) is 0 Å². The van der Waals surface area contributed by atoms with Gasteiger partial charge in [-0.1, -0.05) is 24.3 Å². The van der Waals surface area contributed by atoms with Crippen molar-refractivity contribution in [2.24, 2.45) is 4.99 Å². The Kier molecular flexibility index (Phi) is 15.7. The predicted octanol–water partition coefficient (Wildman–Crippen LogP) is -0.439.